The zero-order valence-corrected chi connectivity index (χ0v) is 14.2. The van der Waals surface area contributed by atoms with Crippen molar-refractivity contribution in [2.75, 3.05) is 13.2 Å². The van der Waals surface area contributed by atoms with E-state index in [1.807, 2.05) is 51.1 Å². The first kappa shape index (κ1) is 15.9. The Morgan fingerprint density at radius 1 is 1.17 bits per heavy atom. The van der Waals surface area contributed by atoms with Gasteiger partial charge in [-0.15, -0.1) is 0 Å². The molecule has 3 aliphatic rings. The number of amides is 1. The average Bonchev–Trinajstić information content (AvgIpc) is 3.32. The molecule has 6 heteroatoms. The molecule has 6 nitrogen and oxygen atoms in total. The van der Waals surface area contributed by atoms with Gasteiger partial charge in [0, 0.05) is 5.56 Å². The van der Waals surface area contributed by atoms with Gasteiger partial charge >= 0.3 is 6.09 Å². The number of hydrogen-bond donors (Lipinski definition) is 0. The second-order valence-electron chi connectivity index (χ2n) is 7.52. The van der Waals surface area contributed by atoms with Crippen molar-refractivity contribution in [3.05, 3.63) is 35.9 Å². The van der Waals surface area contributed by atoms with Crippen LogP contribution < -0.4 is 0 Å². The number of benzene rings is 1. The van der Waals surface area contributed by atoms with Crippen molar-refractivity contribution >= 4 is 6.09 Å². The first-order valence-corrected chi connectivity index (χ1v) is 8.39. The number of rotatable bonds is 1. The minimum atomic E-state index is -0.531. The summed E-state index contributed by atoms with van der Waals surface area (Å²) < 4.78 is 23.3. The molecule has 0 bridgehead atoms. The topological polar surface area (TPSA) is 60.5 Å². The van der Waals surface area contributed by atoms with E-state index < -0.39 is 11.9 Å². The molecule has 1 aromatic carbocycles. The Bertz CT molecular complexity index is 614. The van der Waals surface area contributed by atoms with Gasteiger partial charge < -0.3 is 18.9 Å². The minimum absolute atomic E-state index is 0.0355. The van der Waals surface area contributed by atoms with Crippen LogP contribution in [0.15, 0.2) is 30.3 Å². The molecular formula is C18H23NO5. The number of carbonyl (C=O) groups excluding carboxylic acids is 1. The van der Waals surface area contributed by atoms with Crippen LogP contribution in [0.4, 0.5) is 4.79 Å². The van der Waals surface area contributed by atoms with Gasteiger partial charge in [-0.1, -0.05) is 30.3 Å². The summed E-state index contributed by atoms with van der Waals surface area (Å²) in [4.78, 5) is 14.2. The molecule has 3 aliphatic heterocycles. The fraction of sp³-hybridized carbons (Fsp3) is 0.611. The average molecular weight is 333 g/mol. The van der Waals surface area contributed by atoms with E-state index in [1.165, 1.54) is 0 Å². The first-order chi connectivity index (χ1) is 11.4. The van der Waals surface area contributed by atoms with Crippen molar-refractivity contribution in [3.8, 4) is 0 Å². The van der Waals surface area contributed by atoms with Crippen LogP contribution >= 0.6 is 0 Å². The Morgan fingerprint density at radius 3 is 2.62 bits per heavy atom. The number of likely N-dealkylation sites (tertiary alicyclic amines) is 1. The summed E-state index contributed by atoms with van der Waals surface area (Å²) in [5.41, 5.74) is 0.444. The van der Waals surface area contributed by atoms with Crippen LogP contribution in [0.3, 0.4) is 0 Å². The van der Waals surface area contributed by atoms with Crippen molar-refractivity contribution in [2.45, 2.75) is 57.0 Å². The third kappa shape index (κ3) is 3.01. The molecule has 130 valence electrons. The van der Waals surface area contributed by atoms with Gasteiger partial charge in [-0.2, -0.15) is 0 Å². The lowest BCUT2D eigenvalue weighted by Crippen LogP contribution is -2.60. The first-order valence-electron chi connectivity index (χ1n) is 8.39. The van der Waals surface area contributed by atoms with E-state index in [-0.39, 0.29) is 30.4 Å². The summed E-state index contributed by atoms with van der Waals surface area (Å²) in [5.74, 6) is 0. The number of epoxide rings is 1. The molecule has 3 saturated heterocycles. The molecule has 0 aromatic heterocycles. The third-order valence-corrected chi connectivity index (χ3v) is 4.50. The second-order valence-corrected chi connectivity index (χ2v) is 7.52. The van der Waals surface area contributed by atoms with Gasteiger partial charge in [0.25, 0.3) is 0 Å². The molecule has 0 radical (unpaired) electrons. The van der Waals surface area contributed by atoms with E-state index in [0.29, 0.717) is 13.2 Å². The largest absolute Gasteiger partial charge is 0.444 e. The third-order valence-electron chi connectivity index (χ3n) is 4.50. The van der Waals surface area contributed by atoms with Gasteiger partial charge in [0.1, 0.15) is 23.9 Å². The van der Waals surface area contributed by atoms with E-state index in [4.69, 9.17) is 18.9 Å². The fourth-order valence-corrected chi connectivity index (χ4v) is 3.35. The maximum atomic E-state index is 12.5. The zero-order valence-electron chi connectivity index (χ0n) is 14.2. The minimum Gasteiger partial charge on any atom is -0.444 e. The molecule has 0 unspecified atom stereocenters. The molecule has 3 fully saturated rings. The number of hydrogen-bond acceptors (Lipinski definition) is 5. The lowest BCUT2D eigenvalue weighted by Gasteiger charge is -2.44. The summed E-state index contributed by atoms with van der Waals surface area (Å²) in [7, 11) is 0. The van der Waals surface area contributed by atoms with Crippen LogP contribution in [0.1, 0.15) is 32.6 Å². The Balaban J connectivity index is 1.50. The number of fused-ring (bicyclic) bond motifs is 3. The highest BCUT2D eigenvalue weighted by molar-refractivity contribution is 5.69. The van der Waals surface area contributed by atoms with Gasteiger partial charge in [0.05, 0.1) is 19.2 Å². The molecule has 1 amide bonds. The summed E-state index contributed by atoms with van der Waals surface area (Å²) >= 11 is 0. The van der Waals surface area contributed by atoms with Crippen molar-refractivity contribution < 1.29 is 23.7 Å². The highest BCUT2D eigenvalue weighted by Gasteiger charge is 2.59. The molecular weight excluding hydrogens is 310 g/mol. The SMILES string of the molecule is CC(C)(C)OC(=O)N1C[C@H]2O[C@@H]2[C@@H]2O[C@@H](c3ccccc3)OC[C@@H]21. The van der Waals surface area contributed by atoms with Crippen LogP contribution in [0.5, 0.6) is 0 Å². The van der Waals surface area contributed by atoms with Crippen LogP contribution in [0.2, 0.25) is 0 Å². The Labute approximate surface area is 141 Å². The van der Waals surface area contributed by atoms with E-state index in [0.717, 1.165) is 5.56 Å². The van der Waals surface area contributed by atoms with Crippen LogP contribution in [-0.4, -0.2) is 54.1 Å². The maximum Gasteiger partial charge on any atom is 0.410 e. The van der Waals surface area contributed by atoms with Crippen LogP contribution in [0.25, 0.3) is 0 Å². The Morgan fingerprint density at radius 2 is 1.92 bits per heavy atom. The lowest BCUT2D eigenvalue weighted by molar-refractivity contribution is -0.248. The van der Waals surface area contributed by atoms with Crippen LogP contribution in [0, 0.1) is 0 Å². The standard InChI is InChI=1S/C18H23NO5/c1-18(2,3)24-17(20)19-9-13-15(22-13)14-12(19)10-21-16(23-14)11-7-5-4-6-8-11/h4-8,12-16H,9-10H2,1-3H3/t12-,13+,14+,15-,16-/m0/s1. The van der Waals surface area contributed by atoms with E-state index >= 15 is 0 Å². The smallest absolute Gasteiger partial charge is 0.410 e. The fourth-order valence-electron chi connectivity index (χ4n) is 3.35. The van der Waals surface area contributed by atoms with Crippen LogP contribution in [-0.2, 0) is 18.9 Å². The molecule has 0 saturated carbocycles. The molecule has 4 rings (SSSR count). The molecule has 1 aromatic rings. The zero-order chi connectivity index (χ0) is 16.9. The van der Waals surface area contributed by atoms with Gasteiger partial charge in [-0.25, -0.2) is 4.79 Å². The summed E-state index contributed by atoms with van der Waals surface area (Å²) in [6.45, 7) is 6.53. The van der Waals surface area contributed by atoms with E-state index in [2.05, 4.69) is 0 Å². The van der Waals surface area contributed by atoms with Gasteiger partial charge in [0.2, 0.25) is 0 Å². The van der Waals surface area contributed by atoms with Crippen molar-refractivity contribution in [3.63, 3.8) is 0 Å². The number of carbonyl (C=O) groups is 1. The summed E-state index contributed by atoms with van der Waals surface area (Å²) in [6.07, 6.45) is -0.861. The predicted octanol–water partition coefficient (Wildman–Crippen LogP) is 2.49. The maximum absolute atomic E-state index is 12.5. The van der Waals surface area contributed by atoms with E-state index in [1.54, 1.807) is 4.90 Å². The molecule has 5 atom stereocenters. The van der Waals surface area contributed by atoms with Crippen molar-refractivity contribution in [1.29, 1.82) is 0 Å². The quantitative estimate of drug-likeness (QED) is 0.739. The number of piperidine rings is 1. The van der Waals surface area contributed by atoms with E-state index in [9.17, 15) is 4.79 Å². The van der Waals surface area contributed by atoms with Crippen molar-refractivity contribution in [1.82, 2.24) is 4.90 Å². The van der Waals surface area contributed by atoms with Crippen molar-refractivity contribution in [2.24, 2.45) is 0 Å². The van der Waals surface area contributed by atoms with Gasteiger partial charge in [-0.3, -0.25) is 4.90 Å². The molecule has 24 heavy (non-hydrogen) atoms. The van der Waals surface area contributed by atoms with Gasteiger partial charge in [0.15, 0.2) is 6.29 Å². The number of ether oxygens (including phenoxy) is 4. The molecule has 3 heterocycles. The molecule has 0 aliphatic carbocycles. The van der Waals surface area contributed by atoms with Gasteiger partial charge in [-0.05, 0) is 20.8 Å². The summed E-state index contributed by atoms with van der Waals surface area (Å²) in [5, 5.41) is 0. The molecule has 0 spiro atoms. The Hall–Kier alpha value is -1.63. The lowest BCUT2D eigenvalue weighted by atomic mass is 9.98. The summed E-state index contributed by atoms with van der Waals surface area (Å²) in [6, 6.07) is 9.65. The highest BCUT2D eigenvalue weighted by atomic mass is 16.7. The highest BCUT2D eigenvalue weighted by Crippen LogP contribution is 2.42. The monoisotopic (exact) mass is 333 g/mol. The Kier molecular flexibility index (Phi) is 3.78. The predicted molar refractivity (Wildman–Crippen MR) is 85.4 cm³/mol. The normalized spacial score (nSPS) is 35.0. The number of nitrogens with zero attached hydrogens (tertiary/aromatic N) is 1. The second kappa shape index (κ2) is 5.72. The molecule has 0 N–H and O–H groups in total.